The Hall–Kier alpha value is -0.570. The summed E-state index contributed by atoms with van der Waals surface area (Å²) in [5.74, 6) is 0.705. The average Bonchev–Trinajstić information content (AvgIpc) is 2.42. The molecule has 3 unspecified atom stereocenters. The number of amides is 1. The van der Waals surface area contributed by atoms with Crippen molar-refractivity contribution >= 4 is 5.91 Å². The fourth-order valence-electron chi connectivity index (χ4n) is 2.92. The van der Waals surface area contributed by atoms with Crippen molar-refractivity contribution in [2.75, 3.05) is 13.1 Å². The average molecular weight is 269 g/mol. The number of carbonyl (C=O) groups excluding carboxylic acids is 1. The van der Waals surface area contributed by atoms with Crippen LogP contribution in [0, 0.1) is 11.8 Å². The summed E-state index contributed by atoms with van der Waals surface area (Å²) in [4.78, 5) is 14.4. The topological polar surface area (TPSA) is 40.5 Å². The third kappa shape index (κ3) is 5.52. The van der Waals surface area contributed by atoms with Crippen molar-refractivity contribution in [3.8, 4) is 0 Å². The van der Waals surface area contributed by atoms with Gasteiger partial charge in [0, 0.05) is 24.9 Å². The summed E-state index contributed by atoms with van der Waals surface area (Å²) in [6.45, 7) is 7.72. The number of piperidine rings is 1. The molecule has 0 radical (unpaired) electrons. The van der Waals surface area contributed by atoms with Crippen molar-refractivity contribution in [1.29, 1.82) is 0 Å². The monoisotopic (exact) mass is 269 g/mol. The molecule has 1 N–H and O–H groups in total. The highest BCUT2D eigenvalue weighted by Gasteiger charge is 2.28. The molecular weight excluding hydrogens is 238 g/mol. The smallest absolute Gasteiger partial charge is 0.225 e. The molecule has 1 aliphatic heterocycles. The summed E-state index contributed by atoms with van der Waals surface area (Å²) in [7, 11) is 0. The lowest BCUT2D eigenvalue weighted by Crippen LogP contribution is -2.44. The largest absolute Gasteiger partial charge is 0.393 e. The van der Waals surface area contributed by atoms with E-state index in [1.54, 1.807) is 0 Å². The van der Waals surface area contributed by atoms with Gasteiger partial charge in [0.2, 0.25) is 5.91 Å². The molecule has 1 fully saturated rings. The van der Waals surface area contributed by atoms with Gasteiger partial charge in [-0.2, -0.15) is 0 Å². The second kappa shape index (κ2) is 8.57. The van der Waals surface area contributed by atoms with E-state index in [-0.39, 0.29) is 17.9 Å². The number of hydrogen-bond donors (Lipinski definition) is 1. The van der Waals surface area contributed by atoms with Gasteiger partial charge >= 0.3 is 0 Å². The van der Waals surface area contributed by atoms with E-state index in [1.807, 2.05) is 11.8 Å². The fourth-order valence-corrected chi connectivity index (χ4v) is 2.92. The quantitative estimate of drug-likeness (QED) is 0.721. The zero-order chi connectivity index (χ0) is 14.3. The molecule has 0 spiro atoms. The van der Waals surface area contributed by atoms with Crippen LogP contribution < -0.4 is 0 Å². The third-order valence-electron chi connectivity index (χ3n) is 4.36. The molecule has 0 aromatic heterocycles. The van der Waals surface area contributed by atoms with Gasteiger partial charge in [-0.1, -0.05) is 39.5 Å². The minimum Gasteiger partial charge on any atom is -0.393 e. The minimum atomic E-state index is -0.296. The van der Waals surface area contributed by atoms with Crippen molar-refractivity contribution in [3.05, 3.63) is 0 Å². The van der Waals surface area contributed by atoms with Gasteiger partial charge in [-0.05, 0) is 26.2 Å². The summed E-state index contributed by atoms with van der Waals surface area (Å²) in [6.07, 6.45) is 7.71. The lowest BCUT2D eigenvalue weighted by atomic mass is 9.92. The maximum absolute atomic E-state index is 12.4. The van der Waals surface area contributed by atoms with Crippen LogP contribution in [-0.4, -0.2) is 35.1 Å². The summed E-state index contributed by atoms with van der Waals surface area (Å²) >= 11 is 0. The Morgan fingerprint density at radius 2 is 2.05 bits per heavy atom. The van der Waals surface area contributed by atoms with Crippen LogP contribution in [0.15, 0.2) is 0 Å². The van der Waals surface area contributed by atoms with Gasteiger partial charge in [0.1, 0.15) is 0 Å². The number of aliphatic hydroxyl groups excluding tert-OH is 1. The molecule has 0 aromatic rings. The molecule has 3 heteroatoms. The van der Waals surface area contributed by atoms with Crippen LogP contribution in [0.2, 0.25) is 0 Å². The fraction of sp³-hybridized carbons (Fsp3) is 0.938. The maximum atomic E-state index is 12.4. The number of carbonyl (C=O) groups is 1. The lowest BCUT2D eigenvalue weighted by molar-refractivity contribution is -0.137. The van der Waals surface area contributed by atoms with Crippen LogP contribution in [0.1, 0.15) is 65.7 Å². The molecule has 0 aliphatic carbocycles. The van der Waals surface area contributed by atoms with Crippen LogP contribution in [-0.2, 0) is 4.79 Å². The Bertz CT molecular complexity index is 265. The molecule has 1 amide bonds. The molecule has 1 heterocycles. The van der Waals surface area contributed by atoms with Crippen LogP contribution in [0.25, 0.3) is 0 Å². The lowest BCUT2D eigenvalue weighted by Gasteiger charge is -2.35. The first-order valence-electron chi connectivity index (χ1n) is 8.03. The van der Waals surface area contributed by atoms with Gasteiger partial charge in [-0.25, -0.2) is 0 Å². The molecule has 112 valence electrons. The van der Waals surface area contributed by atoms with Crippen LogP contribution in [0.4, 0.5) is 0 Å². The summed E-state index contributed by atoms with van der Waals surface area (Å²) < 4.78 is 0. The zero-order valence-corrected chi connectivity index (χ0v) is 12.9. The van der Waals surface area contributed by atoms with Crippen LogP contribution in [0.3, 0.4) is 0 Å². The van der Waals surface area contributed by atoms with E-state index >= 15 is 0 Å². The number of rotatable bonds is 7. The first-order chi connectivity index (χ1) is 9.06. The van der Waals surface area contributed by atoms with Crippen molar-refractivity contribution in [1.82, 2.24) is 4.90 Å². The number of aliphatic hydroxyl groups is 1. The van der Waals surface area contributed by atoms with E-state index in [2.05, 4.69) is 13.8 Å². The number of nitrogens with zero attached hydrogens (tertiary/aromatic N) is 1. The Labute approximate surface area is 118 Å². The van der Waals surface area contributed by atoms with Crippen molar-refractivity contribution < 1.29 is 9.90 Å². The Morgan fingerprint density at radius 1 is 1.32 bits per heavy atom. The van der Waals surface area contributed by atoms with Crippen LogP contribution in [0.5, 0.6) is 0 Å². The maximum Gasteiger partial charge on any atom is 0.225 e. The number of hydrogen-bond acceptors (Lipinski definition) is 2. The normalized spacial score (nSPS) is 23.2. The summed E-state index contributed by atoms with van der Waals surface area (Å²) in [6, 6.07) is 0. The van der Waals surface area contributed by atoms with Crippen molar-refractivity contribution in [3.63, 3.8) is 0 Å². The molecule has 0 bridgehead atoms. The van der Waals surface area contributed by atoms with Gasteiger partial charge in [0.25, 0.3) is 0 Å². The van der Waals surface area contributed by atoms with E-state index in [0.717, 1.165) is 38.8 Å². The molecule has 1 saturated heterocycles. The predicted octanol–water partition coefficient (Wildman–Crippen LogP) is 3.21. The van der Waals surface area contributed by atoms with Gasteiger partial charge in [0.15, 0.2) is 0 Å². The summed E-state index contributed by atoms with van der Waals surface area (Å²) in [5.41, 5.74) is 0. The molecule has 3 atom stereocenters. The van der Waals surface area contributed by atoms with Gasteiger partial charge in [0.05, 0.1) is 6.10 Å². The summed E-state index contributed by atoms with van der Waals surface area (Å²) in [5, 5.41) is 9.68. The van der Waals surface area contributed by atoms with Gasteiger partial charge in [-0.3, -0.25) is 4.79 Å². The van der Waals surface area contributed by atoms with E-state index in [4.69, 9.17) is 0 Å². The SMILES string of the molecule is CCCCCCC(C)C(=O)N1CCCC(C(C)O)C1. The molecular formula is C16H31NO2. The third-order valence-corrected chi connectivity index (χ3v) is 4.36. The van der Waals surface area contributed by atoms with Gasteiger partial charge < -0.3 is 10.0 Å². The molecule has 0 aromatic carbocycles. The number of unbranched alkanes of at least 4 members (excludes halogenated alkanes) is 3. The molecule has 1 rings (SSSR count). The first kappa shape index (κ1) is 16.5. The zero-order valence-electron chi connectivity index (χ0n) is 12.9. The second-order valence-corrected chi connectivity index (χ2v) is 6.18. The van der Waals surface area contributed by atoms with E-state index in [1.165, 1.54) is 19.3 Å². The molecule has 1 aliphatic rings. The van der Waals surface area contributed by atoms with E-state index in [9.17, 15) is 9.90 Å². The van der Waals surface area contributed by atoms with Crippen molar-refractivity contribution in [2.45, 2.75) is 71.8 Å². The molecule has 0 saturated carbocycles. The first-order valence-corrected chi connectivity index (χ1v) is 8.03. The van der Waals surface area contributed by atoms with Crippen molar-refractivity contribution in [2.24, 2.45) is 11.8 Å². The van der Waals surface area contributed by atoms with Crippen LogP contribution >= 0.6 is 0 Å². The highest BCUT2D eigenvalue weighted by Crippen LogP contribution is 2.22. The molecule has 19 heavy (non-hydrogen) atoms. The highest BCUT2D eigenvalue weighted by molar-refractivity contribution is 5.78. The Kier molecular flexibility index (Phi) is 7.44. The minimum absolute atomic E-state index is 0.143. The highest BCUT2D eigenvalue weighted by atomic mass is 16.3. The number of likely N-dealkylation sites (tertiary alicyclic amines) is 1. The van der Waals surface area contributed by atoms with Gasteiger partial charge in [-0.15, -0.1) is 0 Å². The standard InChI is InChI=1S/C16H31NO2/c1-4-5-6-7-9-13(2)16(19)17-11-8-10-15(12-17)14(3)18/h13-15,18H,4-12H2,1-3H3. The molecule has 3 nitrogen and oxygen atoms in total. The second-order valence-electron chi connectivity index (χ2n) is 6.18. The van der Waals surface area contributed by atoms with E-state index in [0.29, 0.717) is 5.91 Å². The Morgan fingerprint density at radius 3 is 2.68 bits per heavy atom. The predicted molar refractivity (Wildman–Crippen MR) is 78.9 cm³/mol. The Balaban J connectivity index is 2.34. The van der Waals surface area contributed by atoms with E-state index < -0.39 is 0 Å².